The second kappa shape index (κ2) is 4.58. The van der Waals surface area contributed by atoms with E-state index in [-0.39, 0.29) is 5.78 Å². The number of rotatable bonds is 2. The first-order valence-electron chi connectivity index (χ1n) is 4.65. The highest BCUT2D eigenvalue weighted by atomic mass is 35.5. The van der Waals surface area contributed by atoms with Crippen LogP contribution in [0.2, 0.25) is 9.36 Å². The summed E-state index contributed by atoms with van der Waals surface area (Å²) in [4.78, 5) is 12.7. The van der Waals surface area contributed by atoms with Crippen LogP contribution in [0.15, 0.2) is 30.3 Å². The van der Waals surface area contributed by atoms with E-state index >= 15 is 0 Å². The molecule has 0 amide bonds. The first-order valence-corrected chi connectivity index (χ1v) is 6.22. The summed E-state index contributed by atoms with van der Waals surface area (Å²) in [5.74, 6) is -0.0781. The maximum Gasteiger partial charge on any atom is 0.204 e. The van der Waals surface area contributed by atoms with Crippen LogP contribution in [0.1, 0.15) is 20.8 Å². The first kappa shape index (κ1) is 11.6. The summed E-state index contributed by atoms with van der Waals surface area (Å²) >= 11 is 13.2. The summed E-state index contributed by atoms with van der Waals surface area (Å²) < 4.78 is 0.604. The van der Waals surface area contributed by atoms with E-state index in [1.54, 1.807) is 18.2 Å². The Morgan fingerprint density at radius 2 is 1.94 bits per heavy atom. The van der Waals surface area contributed by atoms with Crippen molar-refractivity contribution in [3.05, 3.63) is 55.7 Å². The molecule has 0 aliphatic carbocycles. The van der Waals surface area contributed by atoms with Gasteiger partial charge in [0.05, 0.1) is 14.2 Å². The van der Waals surface area contributed by atoms with Gasteiger partial charge < -0.3 is 0 Å². The van der Waals surface area contributed by atoms with Crippen LogP contribution in [0, 0.1) is 6.92 Å². The van der Waals surface area contributed by atoms with Crippen molar-refractivity contribution >= 4 is 40.3 Å². The standard InChI is InChI=1S/C12H8Cl2OS/c1-7-3-2-4-8(11(7)14)12(15)9-5-6-10(13)16-9/h2-6H,1H3. The smallest absolute Gasteiger partial charge is 0.204 e. The lowest BCUT2D eigenvalue weighted by Crippen LogP contribution is -2.00. The van der Waals surface area contributed by atoms with Crippen LogP contribution >= 0.6 is 34.5 Å². The molecule has 82 valence electrons. The van der Waals surface area contributed by atoms with Gasteiger partial charge in [-0.25, -0.2) is 0 Å². The molecule has 0 fully saturated rings. The first-order chi connectivity index (χ1) is 7.59. The van der Waals surface area contributed by atoms with Crippen molar-refractivity contribution in [1.29, 1.82) is 0 Å². The number of benzene rings is 1. The largest absolute Gasteiger partial charge is 0.288 e. The number of carbonyl (C=O) groups excluding carboxylic acids is 1. The van der Waals surface area contributed by atoms with Crippen molar-refractivity contribution in [2.75, 3.05) is 0 Å². The molecule has 0 saturated heterocycles. The molecule has 2 rings (SSSR count). The number of halogens is 2. The minimum Gasteiger partial charge on any atom is -0.288 e. The van der Waals surface area contributed by atoms with E-state index in [2.05, 4.69) is 0 Å². The van der Waals surface area contributed by atoms with Crippen molar-refractivity contribution in [2.24, 2.45) is 0 Å². The van der Waals surface area contributed by atoms with Gasteiger partial charge in [-0.15, -0.1) is 11.3 Å². The van der Waals surface area contributed by atoms with Gasteiger partial charge in [0.15, 0.2) is 0 Å². The Morgan fingerprint density at radius 1 is 1.19 bits per heavy atom. The van der Waals surface area contributed by atoms with Crippen LogP contribution in [-0.2, 0) is 0 Å². The summed E-state index contributed by atoms with van der Waals surface area (Å²) in [6, 6.07) is 8.85. The molecule has 0 atom stereocenters. The second-order valence-electron chi connectivity index (χ2n) is 3.37. The van der Waals surface area contributed by atoms with Gasteiger partial charge in [-0.05, 0) is 30.7 Å². The lowest BCUT2D eigenvalue weighted by molar-refractivity contribution is 0.104. The van der Waals surface area contributed by atoms with Crippen LogP contribution in [0.3, 0.4) is 0 Å². The Bertz CT molecular complexity index is 546. The zero-order valence-corrected chi connectivity index (χ0v) is 10.8. The van der Waals surface area contributed by atoms with Crippen molar-refractivity contribution in [3.63, 3.8) is 0 Å². The van der Waals surface area contributed by atoms with Gasteiger partial charge in [0.1, 0.15) is 0 Å². The van der Waals surface area contributed by atoms with Crippen LogP contribution in [-0.4, -0.2) is 5.78 Å². The fourth-order valence-electron chi connectivity index (χ4n) is 1.39. The third kappa shape index (κ3) is 2.14. The molecule has 16 heavy (non-hydrogen) atoms. The molecule has 0 saturated carbocycles. The van der Waals surface area contributed by atoms with E-state index in [1.165, 1.54) is 11.3 Å². The normalized spacial score (nSPS) is 10.4. The lowest BCUT2D eigenvalue weighted by atomic mass is 10.1. The highest BCUT2D eigenvalue weighted by molar-refractivity contribution is 7.18. The minimum absolute atomic E-state index is 0.0781. The summed E-state index contributed by atoms with van der Waals surface area (Å²) in [5.41, 5.74) is 1.43. The maximum absolute atomic E-state index is 12.1. The fourth-order valence-corrected chi connectivity index (χ4v) is 2.60. The Balaban J connectivity index is 2.45. The predicted octanol–water partition coefficient (Wildman–Crippen LogP) is 4.59. The van der Waals surface area contributed by atoms with Crippen molar-refractivity contribution in [2.45, 2.75) is 6.92 Å². The van der Waals surface area contributed by atoms with E-state index in [4.69, 9.17) is 23.2 Å². The molecule has 1 heterocycles. The average Bonchev–Trinajstić information content (AvgIpc) is 2.68. The van der Waals surface area contributed by atoms with Crippen molar-refractivity contribution in [1.82, 2.24) is 0 Å². The topological polar surface area (TPSA) is 17.1 Å². The molecule has 1 aromatic carbocycles. The second-order valence-corrected chi connectivity index (χ2v) is 5.46. The fraction of sp³-hybridized carbons (Fsp3) is 0.0833. The van der Waals surface area contributed by atoms with Gasteiger partial charge in [-0.1, -0.05) is 35.3 Å². The van der Waals surface area contributed by atoms with Crippen molar-refractivity contribution in [3.8, 4) is 0 Å². The van der Waals surface area contributed by atoms with Gasteiger partial charge >= 0.3 is 0 Å². The Hall–Kier alpha value is -0.830. The van der Waals surface area contributed by atoms with E-state index in [9.17, 15) is 4.79 Å². The van der Waals surface area contributed by atoms with Crippen LogP contribution in [0.5, 0.6) is 0 Å². The highest BCUT2D eigenvalue weighted by Gasteiger charge is 2.15. The van der Waals surface area contributed by atoms with E-state index in [0.717, 1.165) is 5.56 Å². The zero-order chi connectivity index (χ0) is 11.7. The highest BCUT2D eigenvalue weighted by Crippen LogP contribution is 2.27. The van der Waals surface area contributed by atoms with Crippen molar-refractivity contribution < 1.29 is 4.79 Å². The van der Waals surface area contributed by atoms with Gasteiger partial charge in [0.25, 0.3) is 0 Å². The van der Waals surface area contributed by atoms with E-state index in [0.29, 0.717) is 19.8 Å². The Morgan fingerprint density at radius 3 is 2.56 bits per heavy atom. The molecular formula is C12H8Cl2OS. The monoisotopic (exact) mass is 270 g/mol. The number of hydrogen-bond acceptors (Lipinski definition) is 2. The van der Waals surface area contributed by atoms with Gasteiger partial charge in [0.2, 0.25) is 5.78 Å². The Labute approximate surface area is 108 Å². The molecule has 0 spiro atoms. The third-order valence-electron chi connectivity index (χ3n) is 2.23. The molecule has 0 aliphatic rings. The molecule has 0 radical (unpaired) electrons. The summed E-state index contributed by atoms with van der Waals surface area (Å²) in [6.45, 7) is 1.88. The maximum atomic E-state index is 12.1. The number of aryl methyl sites for hydroxylation is 1. The van der Waals surface area contributed by atoms with Gasteiger partial charge in [-0.3, -0.25) is 4.79 Å². The molecular weight excluding hydrogens is 263 g/mol. The minimum atomic E-state index is -0.0781. The van der Waals surface area contributed by atoms with Crippen LogP contribution in [0.25, 0.3) is 0 Å². The van der Waals surface area contributed by atoms with E-state index in [1.807, 2.05) is 19.1 Å². The Kier molecular flexibility index (Phi) is 3.33. The molecule has 0 aliphatic heterocycles. The number of hydrogen-bond donors (Lipinski definition) is 0. The van der Waals surface area contributed by atoms with Crippen LogP contribution < -0.4 is 0 Å². The number of thiophene rings is 1. The third-order valence-corrected chi connectivity index (χ3v) is 3.97. The average molecular weight is 271 g/mol. The number of carbonyl (C=O) groups is 1. The molecule has 0 unspecified atom stereocenters. The molecule has 1 aromatic heterocycles. The SMILES string of the molecule is Cc1cccc(C(=O)c2ccc(Cl)s2)c1Cl. The lowest BCUT2D eigenvalue weighted by Gasteiger charge is -2.03. The molecule has 2 aromatic rings. The zero-order valence-electron chi connectivity index (χ0n) is 8.46. The summed E-state index contributed by atoms with van der Waals surface area (Å²) in [6.07, 6.45) is 0. The van der Waals surface area contributed by atoms with E-state index < -0.39 is 0 Å². The van der Waals surface area contributed by atoms with Gasteiger partial charge in [0, 0.05) is 5.56 Å². The quantitative estimate of drug-likeness (QED) is 0.730. The number of ketones is 1. The molecule has 4 heteroatoms. The summed E-state index contributed by atoms with van der Waals surface area (Å²) in [7, 11) is 0. The molecule has 1 nitrogen and oxygen atoms in total. The molecule has 0 bridgehead atoms. The van der Waals surface area contributed by atoms with Gasteiger partial charge in [-0.2, -0.15) is 0 Å². The van der Waals surface area contributed by atoms with Crippen LogP contribution in [0.4, 0.5) is 0 Å². The molecule has 0 N–H and O–H groups in total. The summed E-state index contributed by atoms with van der Waals surface area (Å²) in [5, 5.41) is 0.511. The predicted molar refractivity (Wildman–Crippen MR) is 69.0 cm³/mol.